The molecule has 21 heavy (non-hydrogen) atoms. The summed E-state index contributed by atoms with van der Waals surface area (Å²) in [6.07, 6.45) is -3.78. The first-order valence-electron chi connectivity index (χ1n) is 5.95. The third-order valence-electron chi connectivity index (χ3n) is 2.79. The van der Waals surface area contributed by atoms with Crippen molar-refractivity contribution in [3.05, 3.63) is 47.7 Å². The van der Waals surface area contributed by atoms with Crippen LogP contribution in [-0.4, -0.2) is 22.2 Å². The summed E-state index contributed by atoms with van der Waals surface area (Å²) in [6.45, 7) is 1.72. The molecule has 2 rings (SSSR count). The molecule has 0 fully saturated rings. The molecule has 4 nitrogen and oxygen atoms in total. The topological polar surface area (TPSA) is 62.6 Å². The molecule has 2 aromatic rings. The molecule has 1 heterocycles. The molecule has 0 atom stereocenters. The Labute approximate surface area is 119 Å². The van der Waals surface area contributed by atoms with Crippen molar-refractivity contribution >= 4 is 12.6 Å². The number of hydrogen-bond donors (Lipinski definition) is 2. The monoisotopic (exact) mass is 297 g/mol. The first-order chi connectivity index (χ1) is 9.77. The highest BCUT2D eigenvalue weighted by Crippen LogP contribution is 2.30. The summed E-state index contributed by atoms with van der Waals surface area (Å²) in [7, 11) is -1.66. The van der Waals surface area contributed by atoms with Crippen molar-refractivity contribution in [3.8, 4) is 11.6 Å². The lowest BCUT2D eigenvalue weighted by atomic mass is 9.80. The van der Waals surface area contributed by atoms with Crippen molar-refractivity contribution in [3.63, 3.8) is 0 Å². The minimum Gasteiger partial charge on any atom is -0.439 e. The highest BCUT2D eigenvalue weighted by Gasteiger charge is 2.30. The summed E-state index contributed by atoms with van der Waals surface area (Å²) in [4.78, 5) is 3.59. The Morgan fingerprint density at radius 1 is 1.14 bits per heavy atom. The average Bonchev–Trinajstić information content (AvgIpc) is 2.40. The summed E-state index contributed by atoms with van der Waals surface area (Å²) in [5.74, 6) is 0.267. The van der Waals surface area contributed by atoms with Crippen LogP contribution >= 0.6 is 0 Å². The molecule has 2 N–H and O–H groups in total. The van der Waals surface area contributed by atoms with E-state index in [2.05, 4.69) is 4.98 Å². The van der Waals surface area contributed by atoms with E-state index in [1.54, 1.807) is 13.0 Å². The lowest BCUT2D eigenvalue weighted by molar-refractivity contribution is -0.137. The predicted octanol–water partition coefficient (Wildman–Crippen LogP) is 1.88. The molecule has 110 valence electrons. The Bertz CT molecular complexity index is 630. The first-order valence-corrected chi connectivity index (χ1v) is 5.95. The minimum atomic E-state index is -4.46. The normalized spacial score (nSPS) is 11.3. The largest absolute Gasteiger partial charge is 0.488 e. The Hall–Kier alpha value is -2.06. The van der Waals surface area contributed by atoms with E-state index in [4.69, 9.17) is 14.8 Å². The SMILES string of the molecule is Cc1ccc(B(O)O)cc1Oc1ccc(C(F)(F)F)cn1. The Balaban J connectivity index is 2.24. The summed E-state index contributed by atoms with van der Waals surface area (Å²) >= 11 is 0. The molecule has 1 aromatic carbocycles. The van der Waals surface area contributed by atoms with Gasteiger partial charge in [0.1, 0.15) is 5.75 Å². The molecular weight excluding hydrogens is 286 g/mol. The van der Waals surface area contributed by atoms with Gasteiger partial charge in [-0.1, -0.05) is 12.1 Å². The van der Waals surface area contributed by atoms with Gasteiger partial charge in [-0.2, -0.15) is 13.2 Å². The van der Waals surface area contributed by atoms with Crippen molar-refractivity contribution < 1.29 is 28.0 Å². The van der Waals surface area contributed by atoms with Crippen molar-refractivity contribution in [2.24, 2.45) is 0 Å². The third-order valence-corrected chi connectivity index (χ3v) is 2.79. The van der Waals surface area contributed by atoms with E-state index in [1.807, 2.05) is 0 Å². The van der Waals surface area contributed by atoms with E-state index in [1.165, 1.54) is 12.1 Å². The fourth-order valence-corrected chi connectivity index (χ4v) is 1.61. The zero-order valence-corrected chi connectivity index (χ0v) is 10.9. The second kappa shape index (κ2) is 5.75. The number of pyridine rings is 1. The van der Waals surface area contributed by atoms with Crippen LogP contribution in [0.2, 0.25) is 0 Å². The van der Waals surface area contributed by atoms with Crippen LogP contribution in [0, 0.1) is 6.92 Å². The minimum absolute atomic E-state index is 0.0179. The van der Waals surface area contributed by atoms with Gasteiger partial charge < -0.3 is 14.8 Å². The number of aromatic nitrogens is 1. The van der Waals surface area contributed by atoms with Gasteiger partial charge in [-0.05, 0) is 30.1 Å². The number of halogens is 3. The molecule has 0 amide bonds. The number of rotatable bonds is 3. The fourth-order valence-electron chi connectivity index (χ4n) is 1.61. The summed E-state index contributed by atoms with van der Waals surface area (Å²) < 4.78 is 42.6. The van der Waals surface area contributed by atoms with Crippen LogP contribution in [0.15, 0.2) is 36.5 Å². The lowest BCUT2D eigenvalue weighted by Gasteiger charge is -2.11. The van der Waals surface area contributed by atoms with Crippen LogP contribution in [0.5, 0.6) is 11.6 Å². The molecule has 0 unspecified atom stereocenters. The first kappa shape index (κ1) is 15.3. The summed E-state index contributed by atoms with van der Waals surface area (Å²) in [5.41, 5.74) is 0.0229. The molecular formula is C13H11BF3NO3. The molecule has 0 radical (unpaired) electrons. The molecule has 1 aromatic heterocycles. The molecule has 0 saturated heterocycles. The van der Waals surface area contributed by atoms with E-state index in [0.29, 0.717) is 11.8 Å². The van der Waals surface area contributed by atoms with Gasteiger partial charge in [-0.15, -0.1) is 0 Å². The standard InChI is InChI=1S/C13H11BF3NO3/c1-8-2-4-10(14(19)20)6-11(8)21-12-5-3-9(7-18-12)13(15,16)17/h2-7,19-20H,1H3. The van der Waals surface area contributed by atoms with Gasteiger partial charge in [0, 0.05) is 12.3 Å². The van der Waals surface area contributed by atoms with Gasteiger partial charge in [0.25, 0.3) is 0 Å². The second-order valence-corrected chi connectivity index (χ2v) is 4.38. The van der Waals surface area contributed by atoms with Crippen LogP contribution < -0.4 is 10.2 Å². The molecule has 0 spiro atoms. The van der Waals surface area contributed by atoms with Gasteiger partial charge in [-0.25, -0.2) is 4.98 Å². The average molecular weight is 297 g/mol. The van der Waals surface area contributed by atoms with Crippen LogP contribution in [0.4, 0.5) is 13.2 Å². The van der Waals surface area contributed by atoms with Crippen LogP contribution in [0.3, 0.4) is 0 Å². The smallest absolute Gasteiger partial charge is 0.439 e. The Morgan fingerprint density at radius 2 is 1.86 bits per heavy atom. The molecule has 0 aliphatic heterocycles. The lowest BCUT2D eigenvalue weighted by Crippen LogP contribution is -2.29. The number of ether oxygens (including phenoxy) is 1. The van der Waals surface area contributed by atoms with Crippen molar-refractivity contribution in [2.45, 2.75) is 13.1 Å². The quantitative estimate of drug-likeness (QED) is 0.849. The van der Waals surface area contributed by atoms with Crippen LogP contribution in [0.25, 0.3) is 0 Å². The molecule has 0 saturated carbocycles. The van der Waals surface area contributed by atoms with E-state index in [0.717, 1.165) is 12.1 Å². The molecule has 0 aliphatic rings. The van der Waals surface area contributed by atoms with Gasteiger partial charge in [0.2, 0.25) is 5.88 Å². The van der Waals surface area contributed by atoms with Crippen molar-refractivity contribution in [1.82, 2.24) is 4.98 Å². The fraction of sp³-hybridized carbons (Fsp3) is 0.154. The van der Waals surface area contributed by atoms with Crippen molar-refractivity contribution in [2.75, 3.05) is 0 Å². The van der Waals surface area contributed by atoms with Crippen LogP contribution in [0.1, 0.15) is 11.1 Å². The highest BCUT2D eigenvalue weighted by atomic mass is 19.4. The maximum Gasteiger partial charge on any atom is 0.488 e. The van der Waals surface area contributed by atoms with Gasteiger partial charge >= 0.3 is 13.3 Å². The number of nitrogens with zero attached hydrogens (tertiary/aromatic N) is 1. The summed E-state index contributed by atoms with van der Waals surface area (Å²) in [6, 6.07) is 6.47. The van der Waals surface area contributed by atoms with E-state index < -0.39 is 18.9 Å². The number of alkyl halides is 3. The summed E-state index contributed by atoms with van der Waals surface area (Å²) in [5, 5.41) is 18.2. The van der Waals surface area contributed by atoms with E-state index >= 15 is 0 Å². The Morgan fingerprint density at radius 3 is 2.38 bits per heavy atom. The van der Waals surface area contributed by atoms with Gasteiger partial charge in [-0.3, -0.25) is 0 Å². The van der Waals surface area contributed by atoms with E-state index in [-0.39, 0.29) is 17.1 Å². The number of aryl methyl sites for hydroxylation is 1. The third kappa shape index (κ3) is 3.74. The zero-order valence-electron chi connectivity index (χ0n) is 10.9. The van der Waals surface area contributed by atoms with Crippen LogP contribution in [-0.2, 0) is 6.18 Å². The van der Waals surface area contributed by atoms with E-state index in [9.17, 15) is 13.2 Å². The zero-order chi connectivity index (χ0) is 15.6. The maximum atomic E-state index is 12.4. The van der Waals surface area contributed by atoms with Gasteiger partial charge in [0.15, 0.2) is 0 Å². The van der Waals surface area contributed by atoms with Gasteiger partial charge in [0.05, 0.1) is 5.56 Å². The molecule has 0 bridgehead atoms. The maximum absolute atomic E-state index is 12.4. The highest BCUT2D eigenvalue weighted by molar-refractivity contribution is 6.58. The second-order valence-electron chi connectivity index (χ2n) is 4.38. The predicted molar refractivity (Wildman–Crippen MR) is 70.3 cm³/mol. The molecule has 8 heteroatoms. The molecule has 0 aliphatic carbocycles. The van der Waals surface area contributed by atoms with Crippen molar-refractivity contribution in [1.29, 1.82) is 0 Å². The Kier molecular flexibility index (Phi) is 4.20. The number of benzene rings is 1. The number of hydrogen-bond acceptors (Lipinski definition) is 4.